The number of amides is 2. The van der Waals surface area contributed by atoms with Crippen LogP contribution in [0.15, 0.2) is 48.5 Å². The number of fused-ring (bicyclic) bond motifs is 1. The zero-order valence-electron chi connectivity index (χ0n) is 18.4. The second-order valence-corrected chi connectivity index (χ2v) is 8.37. The minimum Gasteiger partial charge on any atom is -0.384 e. The Morgan fingerprint density at radius 2 is 1.97 bits per heavy atom. The molecule has 2 atom stereocenters. The number of nitrogen functional groups attached to an aromatic ring is 1. The molecule has 5 N–H and O–H groups in total. The fourth-order valence-electron chi connectivity index (χ4n) is 4.18. The summed E-state index contributed by atoms with van der Waals surface area (Å²) in [4.78, 5) is 30.1. The summed E-state index contributed by atoms with van der Waals surface area (Å²) in [5.41, 5.74) is 9.67. The van der Waals surface area contributed by atoms with Gasteiger partial charge in [-0.2, -0.15) is 0 Å². The van der Waals surface area contributed by atoms with Gasteiger partial charge in [-0.05, 0) is 68.6 Å². The fourth-order valence-corrected chi connectivity index (χ4v) is 4.18. The minimum absolute atomic E-state index is 0.0630. The van der Waals surface area contributed by atoms with Crippen LogP contribution in [0.25, 0.3) is 10.9 Å². The molecule has 2 heterocycles. The lowest BCUT2D eigenvalue weighted by molar-refractivity contribution is -0.118. The van der Waals surface area contributed by atoms with Crippen LogP contribution in [0.5, 0.6) is 0 Å². The van der Waals surface area contributed by atoms with Crippen molar-refractivity contribution >= 4 is 34.2 Å². The highest BCUT2D eigenvalue weighted by atomic mass is 16.2. The molecule has 0 saturated carbocycles. The zero-order chi connectivity index (χ0) is 22.7. The molecule has 0 unspecified atom stereocenters. The van der Waals surface area contributed by atoms with Crippen molar-refractivity contribution in [2.45, 2.75) is 45.2 Å². The summed E-state index contributed by atoms with van der Waals surface area (Å²) < 4.78 is 0. The molecule has 3 aromatic rings. The number of nitrogens with one attached hydrogen (secondary N) is 3. The molecule has 1 saturated heterocycles. The number of anilines is 2. The molecule has 32 heavy (non-hydrogen) atoms. The van der Waals surface area contributed by atoms with Crippen molar-refractivity contribution in [2.75, 3.05) is 17.6 Å². The lowest BCUT2D eigenvalue weighted by Gasteiger charge is -2.23. The van der Waals surface area contributed by atoms with E-state index in [4.69, 9.17) is 5.73 Å². The van der Waals surface area contributed by atoms with Gasteiger partial charge in [-0.3, -0.25) is 9.59 Å². The Balaban J connectivity index is 1.52. The quantitative estimate of drug-likeness (QED) is 0.493. The lowest BCUT2D eigenvalue weighted by Crippen LogP contribution is -2.43. The van der Waals surface area contributed by atoms with E-state index in [9.17, 15) is 9.59 Å². The van der Waals surface area contributed by atoms with Gasteiger partial charge in [0.2, 0.25) is 5.91 Å². The zero-order valence-corrected chi connectivity index (χ0v) is 18.4. The van der Waals surface area contributed by atoms with E-state index in [1.165, 1.54) is 0 Å². The van der Waals surface area contributed by atoms with E-state index in [0.717, 1.165) is 47.8 Å². The fraction of sp³-hybridized carbons (Fsp3) is 0.320. The van der Waals surface area contributed by atoms with Crippen LogP contribution >= 0.6 is 0 Å². The van der Waals surface area contributed by atoms with Gasteiger partial charge in [-0.1, -0.05) is 30.7 Å². The van der Waals surface area contributed by atoms with Crippen molar-refractivity contribution in [3.8, 4) is 0 Å². The second-order valence-electron chi connectivity index (χ2n) is 8.37. The third kappa shape index (κ3) is 4.73. The highest BCUT2D eigenvalue weighted by Crippen LogP contribution is 2.26. The summed E-state index contributed by atoms with van der Waals surface area (Å²) in [7, 11) is 0. The van der Waals surface area contributed by atoms with E-state index in [2.05, 4.69) is 20.9 Å². The molecule has 0 bridgehead atoms. The number of benzene rings is 2. The first-order valence-electron chi connectivity index (χ1n) is 11.0. The van der Waals surface area contributed by atoms with Crippen LogP contribution in [0.3, 0.4) is 0 Å². The van der Waals surface area contributed by atoms with Crippen molar-refractivity contribution in [3.63, 3.8) is 0 Å². The number of aromatic nitrogens is 1. The molecule has 1 aromatic heterocycles. The van der Waals surface area contributed by atoms with Gasteiger partial charge in [0.05, 0.1) is 17.6 Å². The molecular formula is C25H29N5O2. The Labute approximate surface area is 187 Å². The third-order valence-corrected chi connectivity index (χ3v) is 5.96. The van der Waals surface area contributed by atoms with E-state index >= 15 is 0 Å². The van der Waals surface area contributed by atoms with Crippen LogP contribution in [0.4, 0.5) is 11.5 Å². The number of hydrogen-bond acceptors (Lipinski definition) is 5. The van der Waals surface area contributed by atoms with Crippen molar-refractivity contribution in [3.05, 3.63) is 65.2 Å². The van der Waals surface area contributed by atoms with Gasteiger partial charge < -0.3 is 21.7 Å². The number of piperidine rings is 1. The molecule has 7 nitrogen and oxygen atoms in total. The third-order valence-electron chi connectivity index (χ3n) is 5.96. The van der Waals surface area contributed by atoms with Gasteiger partial charge in [0.15, 0.2) is 0 Å². The van der Waals surface area contributed by atoms with Crippen LogP contribution < -0.4 is 21.7 Å². The molecule has 1 aliphatic heterocycles. The summed E-state index contributed by atoms with van der Waals surface area (Å²) in [5.74, 6) is 0.144. The monoisotopic (exact) mass is 431 g/mol. The van der Waals surface area contributed by atoms with Gasteiger partial charge in [-0.15, -0.1) is 0 Å². The first-order valence-corrected chi connectivity index (χ1v) is 11.0. The maximum absolute atomic E-state index is 13.1. The number of nitrogens with two attached hydrogens (primary N) is 1. The lowest BCUT2D eigenvalue weighted by atomic mass is 10.0. The van der Waals surface area contributed by atoms with E-state index in [1.54, 1.807) is 12.1 Å². The normalized spacial score (nSPS) is 17.0. The minimum atomic E-state index is -0.276. The molecular weight excluding hydrogens is 402 g/mol. The van der Waals surface area contributed by atoms with Crippen molar-refractivity contribution in [2.24, 2.45) is 0 Å². The Morgan fingerprint density at radius 3 is 2.75 bits per heavy atom. The second kappa shape index (κ2) is 9.36. The van der Waals surface area contributed by atoms with Gasteiger partial charge in [-0.25, -0.2) is 4.98 Å². The first-order chi connectivity index (χ1) is 15.4. The van der Waals surface area contributed by atoms with Crippen LogP contribution in [-0.2, 0) is 4.79 Å². The van der Waals surface area contributed by atoms with E-state index in [-0.39, 0.29) is 23.9 Å². The summed E-state index contributed by atoms with van der Waals surface area (Å²) in [6.07, 6.45) is 2.96. The predicted molar refractivity (Wildman–Crippen MR) is 127 cm³/mol. The van der Waals surface area contributed by atoms with E-state index in [0.29, 0.717) is 17.1 Å². The molecule has 166 valence electrons. The standard InChI is InChI=1S/C25H29N5O2/c1-15-10-11-17(29-25(32)22-9-5-6-12-27-22)13-19(15)24(31)28-16(2)20-14-23(26)30-21-8-4-3-7-18(20)21/h3-4,7-8,10-11,13-14,16,22,27H,5-6,9,12H2,1-2H3,(H2,26,30)(H,28,31)(H,29,32)/t16-,22-/m1/s1. The van der Waals surface area contributed by atoms with Crippen molar-refractivity contribution < 1.29 is 9.59 Å². The van der Waals surface area contributed by atoms with Gasteiger partial charge in [0, 0.05) is 16.6 Å². The van der Waals surface area contributed by atoms with Crippen LogP contribution in [-0.4, -0.2) is 29.4 Å². The average Bonchev–Trinajstić information content (AvgIpc) is 2.80. The average molecular weight is 432 g/mol. The number of carbonyl (C=O) groups excluding carboxylic acids is 2. The Kier molecular flexibility index (Phi) is 6.37. The molecule has 4 rings (SSSR count). The molecule has 2 amide bonds. The molecule has 0 radical (unpaired) electrons. The molecule has 0 spiro atoms. The summed E-state index contributed by atoms with van der Waals surface area (Å²) >= 11 is 0. The molecule has 1 aliphatic rings. The van der Waals surface area contributed by atoms with Gasteiger partial charge in [0.1, 0.15) is 5.82 Å². The highest BCUT2D eigenvalue weighted by Gasteiger charge is 2.21. The van der Waals surface area contributed by atoms with Crippen LogP contribution in [0.2, 0.25) is 0 Å². The highest BCUT2D eigenvalue weighted by molar-refractivity contribution is 6.00. The Morgan fingerprint density at radius 1 is 1.16 bits per heavy atom. The van der Waals surface area contributed by atoms with Crippen molar-refractivity contribution in [1.82, 2.24) is 15.6 Å². The first kappa shape index (κ1) is 21.8. The van der Waals surface area contributed by atoms with Crippen LogP contribution in [0.1, 0.15) is 53.7 Å². The predicted octanol–water partition coefficient (Wildman–Crippen LogP) is 3.70. The summed E-state index contributed by atoms with van der Waals surface area (Å²) in [6, 6.07) is 14.5. The number of hydrogen-bond donors (Lipinski definition) is 4. The largest absolute Gasteiger partial charge is 0.384 e. The number of pyridine rings is 1. The van der Waals surface area contributed by atoms with Gasteiger partial charge >= 0.3 is 0 Å². The molecule has 2 aromatic carbocycles. The molecule has 7 heteroatoms. The maximum atomic E-state index is 13.1. The number of nitrogens with zero attached hydrogens (tertiary/aromatic N) is 1. The SMILES string of the molecule is Cc1ccc(NC(=O)[C@H]2CCCCN2)cc1C(=O)N[C@H](C)c1cc(N)nc2ccccc12. The summed E-state index contributed by atoms with van der Waals surface area (Å²) in [6.45, 7) is 4.66. The van der Waals surface area contributed by atoms with E-state index < -0.39 is 0 Å². The molecule has 0 aliphatic carbocycles. The van der Waals surface area contributed by atoms with E-state index in [1.807, 2.05) is 50.2 Å². The number of carbonyl (C=O) groups is 2. The number of aryl methyl sites for hydroxylation is 1. The Hall–Kier alpha value is -3.45. The smallest absolute Gasteiger partial charge is 0.252 e. The maximum Gasteiger partial charge on any atom is 0.252 e. The number of para-hydroxylation sites is 1. The van der Waals surface area contributed by atoms with Crippen LogP contribution in [0, 0.1) is 6.92 Å². The van der Waals surface area contributed by atoms with Gasteiger partial charge in [0.25, 0.3) is 5.91 Å². The topological polar surface area (TPSA) is 109 Å². The number of rotatable bonds is 5. The summed E-state index contributed by atoms with van der Waals surface area (Å²) in [5, 5.41) is 10.2. The molecule has 1 fully saturated rings. The van der Waals surface area contributed by atoms with Crippen molar-refractivity contribution in [1.29, 1.82) is 0 Å². The Bertz CT molecular complexity index is 1150.